The van der Waals surface area contributed by atoms with Crippen LogP contribution in [0.2, 0.25) is 0 Å². The van der Waals surface area contributed by atoms with Crippen LogP contribution in [0.5, 0.6) is 0 Å². The van der Waals surface area contributed by atoms with Gasteiger partial charge in [0.2, 0.25) is 0 Å². The van der Waals surface area contributed by atoms with Gasteiger partial charge in [0.05, 0.1) is 11.1 Å². The molecule has 1 aromatic rings. The van der Waals surface area contributed by atoms with Crippen LogP contribution in [-0.2, 0) is 6.54 Å². The first-order chi connectivity index (χ1) is 6.43. The number of halogens is 1. The van der Waals surface area contributed by atoms with Crippen molar-refractivity contribution >= 4 is 11.6 Å². The lowest BCUT2D eigenvalue weighted by Crippen LogP contribution is -2.08. The van der Waals surface area contributed by atoms with Crippen LogP contribution >= 0.6 is 11.6 Å². The predicted octanol–water partition coefficient (Wildman–Crippen LogP) is 3.46. The molecule has 1 rings (SSSR count). The number of aromatic nitrogens is 2. The molecule has 14 heavy (non-hydrogen) atoms. The van der Waals surface area contributed by atoms with Gasteiger partial charge in [-0.2, -0.15) is 5.10 Å². The molecule has 0 aliphatic carbocycles. The average molecular weight is 215 g/mol. The SMILES string of the molecule is Cc1nn(CC(C)C)c(C)c1C(C)Cl. The molecule has 0 aliphatic rings. The van der Waals surface area contributed by atoms with Gasteiger partial charge in [0.1, 0.15) is 0 Å². The Labute approximate surface area is 91.3 Å². The maximum atomic E-state index is 6.11. The molecule has 0 radical (unpaired) electrons. The third-order valence-corrected chi connectivity index (χ3v) is 2.59. The standard InChI is InChI=1S/C11H19ClN2/c1-7(2)6-14-10(5)11(8(3)12)9(4)13-14/h7-8H,6H2,1-5H3. The number of nitrogens with zero attached hydrogens (tertiary/aromatic N) is 2. The van der Waals surface area contributed by atoms with E-state index in [9.17, 15) is 0 Å². The van der Waals surface area contributed by atoms with Crippen molar-refractivity contribution < 1.29 is 0 Å². The summed E-state index contributed by atoms with van der Waals surface area (Å²) in [7, 11) is 0. The summed E-state index contributed by atoms with van der Waals surface area (Å²) in [4.78, 5) is 0. The summed E-state index contributed by atoms with van der Waals surface area (Å²) in [5, 5.41) is 4.56. The molecule has 2 nitrogen and oxygen atoms in total. The zero-order chi connectivity index (χ0) is 10.9. The third kappa shape index (κ3) is 2.30. The fourth-order valence-electron chi connectivity index (χ4n) is 1.81. The molecule has 1 aromatic heterocycles. The van der Waals surface area contributed by atoms with Crippen molar-refractivity contribution in [1.82, 2.24) is 9.78 Å². The van der Waals surface area contributed by atoms with Crippen LogP contribution in [0.3, 0.4) is 0 Å². The predicted molar refractivity (Wildman–Crippen MR) is 60.8 cm³/mol. The lowest BCUT2D eigenvalue weighted by molar-refractivity contribution is 0.472. The monoisotopic (exact) mass is 214 g/mol. The fraction of sp³-hybridized carbons (Fsp3) is 0.727. The summed E-state index contributed by atoms with van der Waals surface area (Å²) >= 11 is 6.11. The summed E-state index contributed by atoms with van der Waals surface area (Å²) in [6, 6.07) is 0. The molecule has 0 amide bonds. The van der Waals surface area contributed by atoms with Gasteiger partial charge in [-0.15, -0.1) is 11.6 Å². The molecule has 1 unspecified atom stereocenters. The highest BCUT2D eigenvalue weighted by Crippen LogP contribution is 2.26. The topological polar surface area (TPSA) is 17.8 Å². The van der Waals surface area contributed by atoms with Crippen LogP contribution in [0.4, 0.5) is 0 Å². The summed E-state index contributed by atoms with van der Waals surface area (Å²) in [5.74, 6) is 0.617. The molecule has 1 heterocycles. The molecule has 0 spiro atoms. The number of aryl methyl sites for hydroxylation is 1. The van der Waals surface area contributed by atoms with Crippen LogP contribution in [0.25, 0.3) is 0 Å². The first-order valence-electron chi connectivity index (χ1n) is 5.11. The van der Waals surface area contributed by atoms with Crippen LogP contribution in [-0.4, -0.2) is 9.78 Å². The van der Waals surface area contributed by atoms with Crippen LogP contribution in [0.15, 0.2) is 0 Å². The van der Waals surface area contributed by atoms with Crippen molar-refractivity contribution in [2.75, 3.05) is 0 Å². The van der Waals surface area contributed by atoms with E-state index in [0.717, 1.165) is 12.2 Å². The highest BCUT2D eigenvalue weighted by Gasteiger charge is 2.15. The summed E-state index contributed by atoms with van der Waals surface area (Å²) < 4.78 is 2.06. The lowest BCUT2D eigenvalue weighted by Gasteiger charge is -2.08. The Balaban J connectivity index is 3.04. The normalized spacial score (nSPS) is 13.6. The van der Waals surface area contributed by atoms with E-state index >= 15 is 0 Å². The second-order valence-electron chi connectivity index (χ2n) is 4.28. The minimum absolute atomic E-state index is 0.0518. The molecule has 0 fully saturated rings. The van der Waals surface area contributed by atoms with Gasteiger partial charge in [0.25, 0.3) is 0 Å². The zero-order valence-electron chi connectivity index (χ0n) is 9.63. The Morgan fingerprint density at radius 1 is 1.29 bits per heavy atom. The molecular formula is C11H19ClN2. The Hall–Kier alpha value is -0.500. The Kier molecular flexibility index (Phi) is 3.59. The number of hydrogen-bond donors (Lipinski definition) is 0. The minimum atomic E-state index is 0.0518. The van der Waals surface area contributed by atoms with E-state index in [4.69, 9.17) is 11.6 Å². The second kappa shape index (κ2) is 4.35. The highest BCUT2D eigenvalue weighted by molar-refractivity contribution is 6.20. The average Bonchev–Trinajstić information content (AvgIpc) is 2.25. The fourth-order valence-corrected chi connectivity index (χ4v) is 2.13. The molecule has 0 aromatic carbocycles. The van der Waals surface area contributed by atoms with Gasteiger partial charge < -0.3 is 0 Å². The minimum Gasteiger partial charge on any atom is -0.269 e. The number of hydrogen-bond acceptors (Lipinski definition) is 1. The first-order valence-corrected chi connectivity index (χ1v) is 5.55. The van der Waals surface area contributed by atoms with Crippen molar-refractivity contribution in [3.8, 4) is 0 Å². The molecule has 0 saturated carbocycles. The lowest BCUT2D eigenvalue weighted by atomic mass is 10.1. The molecule has 0 saturated heterocycles. The molecule has 0 bridgehead atoms. The molecule has 80 valence electrons. The highest BCUT2D eigenvalue weighted by atomic mass is 35.5. The maximum absolute atomic E-state index is 6.11. The molecule has 0 aliphatic heterocycles. The molecule has 0 N–H and O–H groups in total. The van der Waals surface area contributed by atoms with E-state index < -0.39 is 0 Å². The van der Waals surface area contributed by atoms with Crippen molar-refractivity contribution in [3.63, 3.8) is 0 Å². The number of alkyl halides is 1. The maximum Gasteiger partial charge on any atom is 0.0643 e. The van der Waals surface area contributed by atoms with Crippen LogP contribution in [0, 0.1) is 19.8 Å². The Bertz CT molecular complexity index is 313. The summed E-state index contributed by atoms with van der Waals surface area (Å²) in [6.07, 6.45) is 0. The van der Waals surface area contributed by atoms with Gasteiger partial charge in [-0.1, -0.05) is 13.8 Å². The van der Waals surface area contributed by atoms with E-state index in [1.54, 1.807) is 0 Å². The van der Waals surface area contributed by atoms with Gasteiger partial charge in [0.15, 0.2) is 0 Å². The number of rotatable bonds is 3. The largest absolute Gasteiger partial charge is 0.269 e. The quantitative estimate of drug-likeness (QED) is 0.705. The van der Waals surface area contributed by atoms with Crippen molar-refractivity contribution in [1.29, 1.82) is 0 Å². The molecule has 3 heteroatoms. The van der Waals surface area contributed by atoms with Gasteiger partial charge in [-0.05, 0) is 26.7 Å². The van der Waals surface area contributed by atoms with Gasteiger partial charge in [0, 0.05) is 17.8 Å². The van der Waals surface area contributed by atoms with E-state index in [2.05, 4.69) is 30.6 Å². The summed E-state index contributed by atoms with van der Waals surface area (Å²) in [5.41, 5.74) is 3.46. The second-order valence-corrected chi connectivity index (χ2v) is 4.93. The van der Waals surface area contributed by atoms with Crippen molar-refractivity contribution in [3.05, 3.63) is 17.0 Å². The van der Waals surface area contributed by atoms with Gasteiger partial charge in [-0.3, -0.25) is 4.68 Å². The van der Waals surface area contributed by atoms with E-state index in [1.807, 2.05) is 13.8 Å². The van der Waals surface area contributed by atoms with E-state index in [1.165, 1.54) is 11.3 Å². The summed E-state index contributed by atoms with van der Waals surface area (Å²) in [6.45, 7) is 11.5. The smallest absolute Gasteiger partial charge is 0.0643 e. The van der Waals surface area contributed by atoms with E-state index in [0.29, 0.717) is 5.92 Å². The van der Waals surface area contributed by atoms with E-state index in [-0.39, 0.29) is 5.38 Å². The Morgan fingerprint density at radius 2 is 1.86 bits per heavy atom. The van der Waals surface area contributed by atoms with Crippen LogP contribution < -0.4 is 0 Å². The van der Waals surface area contributed by atoms with Gasteiger partial charge in [-0.25, -0.2) is 0 Å². The molecule has 1 atom stereocenters. The first kappa shape index (κ1) is 11.6. The molecular weight excluding hydrogens is 196 g/mol. The van der Waals surface area contributed by atoms with Gasteiger partial charge >= 0.3 is 0 Å². The van der Waals surface area contributed by atoms with Crippen molar-refractivity contribution in [2.24, 2.45) is 5.92 Å². The third-order valence-electron chi connectivity index (χ3n) is 2.37. The van der Waals surface area contributed by atoms with Crippen molar-refractivity contribution in [2.45, 2.75) is 46.5 Å². The zero-order valence-corrected chi connectivity index (χ0v) is 10.4. The van der Waals surface area contributed by atoms with Crippen LogP contribution in [0.1, 0.15) is 43.1 Å². The Morgan fingerprint density at radius 3 is 2.21 bits per heavy atom.